The molecule has 20 heavy (non-hydrogen) atoms. The van der Waals surface area contributed by atoms with E-state index in [9.17, 15) is 5.11 Å². The van der Waals surface area contributed by atoms with Crippen molar-refractivity contribution in [2.45, 2.75) is 40.3 Å². The third-order valence-corrected chi connectivity index (χ3v) is 3.08. The van der Waals surface area contributed by atoms with E-state index in [4.69, 9.17) is 4.74 Å². The Morgan fingerprint density at radius 1 is 1.25 bits per heavy atom. The maximum absolute atomic E-state index is 9.19. The van der Waals surface area contributed by atoms with E-state index in [1.165, 1.54) is 0 Å². The van der Waals surface area contributed by atoms with E-state index < -0.39 is 0 Å². The van der Waals surface area contributed by atoms with Crippen molar-refractivity contribution in [2.24, 2.45) is 5.92 Å². The van der Waals surface area contributed by atoms with Gasteiger partial charge in [-0.15, -0.1) is 0 Å². The summed E-state index contributed by atoms with van der Waals surface area (Å²) in [5.41, 5.74) is 0. The van der Waals surface area contributed by atoms with E-state index in [0.717, 1.165) is 18.2 Å². The lowest BCUT2D eigenvalue weighted by Gasteiger charge is -2.20. The lowest BCUT2D eigenvalue weighted by molar-refractivity contribution is 0.128. The number of nitrogens with one attached hydrogen (secondary N) is 2. The molecule has 0 aliphatic heterocycles. The first-order chi connectivity index (χ1) is 9.60. The summed E-state index contributed by atoms with van der Waals surface area (Å²) in [7, 11) is 0. The highest BCUT2D eigenvalue weighted by Crippen LogP contribution is 2.15. The van der Waals surface area contributed by atoms with Gasteiger partial charge in [0.1, 0.15) is 18.2 Å². The maximum atomic E-state index is 9.19. The van der Waals surface area contributed by atoms with Gasteiger partial charge in [-0.1, -0.05) is 6.92 Å². The highest BCUT2D eigenvalue weighted by molar-refractivity contribution is 5.48. The lowest BCUT2D eigenvalue weighted by Crippen LogP contribution is -2.27. The van der Waals surface area contributed by atoms with Gasteiger partial charge in [0.05, 0.1) is 0 Å². The number of hydrogen-bond donors (Lipinski definition) is 3. The van der Waals surface area contributed by atoms with Crippen LogP contribution in [0.1, 0.15) is 33.5 Å². The van der Waals surface area contributed by atoms with Crippen molar-refractivity contribution in [3.63, 3.8) is 0 Å². The molecule has 1 rings (SSSR count). The van der Waals surface area contributed by atoms with Crippen LogP contribution in [0.2, 0.25) is 0 Å². The van der Waals surface area contributed by atoms with Crippen LogP contribution in [0.4, 0.5) is 11.6 Å². The molecule has 0 radical (unpaired) electrons. The number of rotatable bonds is 9. The summed E-state index contributed by atoms with van der Waals surface area (Å²) in [5.74, 6) is 2.33. The molecule has 0 saturated carbocycles. The van der Waals surface area contributed by atoms with Gasteiger partial charge in [-0.3, -0.25) is 0 Å². The van der Waals surface area contributed by atoms with E-state index in [2.05, 4.69) is 20.6 Å². The lowest BCUT2D eigenvalue weighted by atomic mass is 10.1. The van der Waals surface area contributed by atoms with Crippen LogP contribution in [0.15, 0.2) is 6.07 Å². The SMILES string of the molecule is CCNc1cc(NC(C)C(C)CO)nc(COCC)n1. The molecule has 6 nitrogen and oxygen atoms in total. The average Bonchev–Trinajstić information content (AvgIpc) is 2.44. The predicted octanol–water partition coefficient (Wildman–Crippen LogP) is 1.87. The van der Waals surface area contributed by atoms with E-state index in [1.54, 1.807) is 0 Å². The normalized spacial score (nSPS) is 13.8. The minimum absolute atomic E-state index is 0.129. The van der Waals surface area contributed by atoms with Gasteiger partial charge in [-0.25, -0.2) is 9.97 Å². The van der Waals surface area contributed by atoms with Crippen molar-refractivity contribution in [3.8, 4) is 0 Å². The fourth-order valence-electron chi connectivity index (χ4n) is 1.63. The first kappa shape index (κ1) is 16.7. The number of aliphatic hydroxyl groups excluding tert-OH is 1. The fourth-order valence-corrected chi connectivity index (χ4v) is 1.63. The second-order valence-electron chi connectivity index (χ2n) is 4.81. The number of hydrogen-bond acceptors (Lipinski definition) is 6. The molecule has 0 aliphatic carbocycles. The van der Waals surface area contributed by atoms with Crippen LogP contribution < -0.4 is 10.6 Å². The van der Waals surface area contributed by atoms with Gasteiger partial charge in [-0.2, -0.15) is 0 Å². The van der Waals surface area contributed by atoms with Gasteiger partial charge in [0.2, 0.25) is 0 Å². The number of nitrogens with zero attached hydrogens (tertiary/aromatic N) is 2. The molecule has 114 valence electrons. The standard InChI is InChI=1S/C14H26N4O2/c1-5-15-12-7-13(16-11(4)10(3)8-19)18-14(17-12)9-20-6-2/h7,10-11,19H,5-6,8-9H2,1-4H3,(H2,15,16,17,18). The van der Waals surface area contributed by atoms with Crippen molar-refractivity contribution < 1.29 is 9.84 Å². The molecule has 3 N–H and O–H groups in total. The molecule has 0 aliphatic rings. The Bertz CT molecular complexity index is 401. The van der Waals surface area contributed by atoms with Crippen molar-refractivity contribution in [1.29, 1.82) is 0 Å². The van der Waals surface area contributed by atoms with Crippen molar-refractivity contribution in [2.75, 3.05) is 30.4 Å². The largest absolute Gasteiger partial charge is 0.396 e. The summed E-state index contributed by atoms with van der Waals surface area (Å²) >= 11 is 0. The molecule has 1 aromatic rings. The Balaban J connectivity index is 2.84. The number of aromatic nitrogens is 2. The van der Waals surface area contributed by atoms with Crippen LogP contribution in [0.3, 0.4) is 0 Å². The minimum atomic E-state index is 0.129. The molecular formula is C14H26N4O2. The molecule has 2 atom stereocenters. The predicted molar refractivity (Wildman–Crippen MR) is 80.9 cm³/mol. The smallest absolute Gasteiger partial charge is 0.158 e. The van der Waals surface area contributed by atoms with Crippen LogP contribution in [0.5, 0.6) is 0 Å². The van der Waals surface area contributed by atoms with Crippen LogP contribution >= 0.6 is 0 Å². The molecule has 0 amide bonds. The van der Waals surface area contributed by atoms with Gasteiger partial charge >= 0.3 is 0 Å². The van der Waals surface area contributed by atoms with Crippen LogP contribution in [0.25, 0.3) is 0 Å². The van der Waals surface area contributed by atoms with E-state index in [-0.39, 0.29) is 18.6 Å². The fraction of sp³-hybridized carbons (Fsp3) is 0.714. The third-order valence-electron chi connectivity index (χ3n) is 3.08. The minimum Gasteiger partial charge on any atom is -0.396 e. The van der Waals surface area contributed by atoms with Crippen LogP contribution in [-0.2, 0) is 11.3 Å². The summed E-state index contributed by atoms with van der Waals surface area (Å²) in [5, 5.41) is 15.7. The number of anilines is 2. The maximum Gasteiger partial charge on any atom is 0.158 e. The monoisotopic (exact) mass is 282 g/mol. The van der Waals surface area contributed by atoms with Crippen molar-refractivity contribution >= 4 is 11.6 Å². The van der Waals surface area contributed by atoms with E-state index in [0.29, 0.717) is 19.0 Å². The molecule has 6 heteroatoms. The summed E-state index contributed by atoms with van der Waals surface area (Å²) in [6, 6.07) is 2.00. The van der Waals surface area contributed by atoms with Crippen molar-refractivity contribution in [1.82, 2.24) is 9.97 Å². The summed E-state index contributed by atoms with van der Waals surface area (Å²) in [6.45, 7) is 9.96. The van der Waals surface area contributed by atoms with Gasteiger partial charge in [0, 0.05) is 31.9 Å². The zero-order chi connectivity index (χ0) is 15.0. The molecule has 1 heterocycles. The van der Waals surface area contributed by atoms with Crippen LogP contribution in [-0.4, -0.2) is 40.9 Å². The zero-order valence-corrected chi connectivity index (χ0v) is 12.8. The topological polar surface area (TPSA) is 79.3 Å². The van der Waals surface area contributed by atoms with E-state index in [1.807, 2.05) is 33.8 Å². The quantitative estimate of drug-likeness (QED) is 0.642. The van der Waals surface area contributed by atoms with Crippen molar-refractivity contribution in [3.05, 3.63) is 11.9 Å². The Morgan fingerprint density at radius 3 is 2.55 bits per heavy atom. The Labute approximate surface area is 121 Å². The Kier molecular flexibility index (Phi) is 7.25. The number of ether oxygens (including phenoxy) is 1. The molecule has 0 saturated heterocycles. The van der Waals surface area contributed by atoms with E-state index >= 15 is 0 Å². The second-order valence-corrected chi connectivity index (χ2v) is 4.81. The molecule has 0 aromatic carbocycles. The van der Waals surface area contributed by atoms with Gasteiger partial charge in [-0.05, 0) is 26.7 Å². The average molecular weight is 282 g/mol. The Hall–Kier alpha value is -1.40. The Morgan fingerprint density at radius 2 is 1.95 bits per heavy atom. The first-order valence-electron chi connectivity index (χ1n) is 7.17. The first-order valence-corrected chi connectivity index (χ1v) is 7.17. The zero-order valence-electron chi connectivity index (χ0n) is 12.8. The highest BCUT2D eigenvalue weighted by atomic mass is 16.5. The second kappa shape index (κ2) is 8.71. The highest BCUT2D eigenvalue weighted by Gasteiger charge is 2.13. The molecule has 0 bridgehead atoms. The molecular weight excluding hydrogens is 256 g/mol. The number of aliphatic hydroxyl groups is 1. The van der Waals surface area contributed by atoms with Gasteiger partial charge < -0.3 is 20.5 Å². The summed E-state index contributed by atoms with van der Waals surface area (Å²) in [6.07, 6.45) is 0. The van der Waals surface area contributed by atoms with Gasteiger partial charge in [0.25, 0.3) is 0 Å². The molecule has 0 fully saturated rings. The summed E-state index contributed by atoms with van der Waals surface area (Å²) in [4.78, 5) is 8.84. The third kappa shape index (κ3) is 5.30. The van der Waals surface area contributed by atoms with Crippen LogP contribution in [0, 0.1) is 5.92 Å². The molecule has 2 unspecified atom stereocenters. The van der Waals surface area contributed by atoms with Gasteiger partial charge in [0.15, 0.2) is 5.82 Å². The molecule has 1 aromatic heterocycles. The summed E-state index contributed by atoms with van der Waals surface area (Å²) < 4.78 is 5.36. The molecule has 0 spiro atoms.